The molecule has 0 spiro atoms. The van der Waals surface area contributed by atoms with E-state index in [0.717, 1.165) is 41.5 Å². The zero-order valence-electron chi connectivity index (χ0n) is 26.2. The van der Waals surface area contributed by atoms with E-state index in [1.54, 1.807) is 12.1 Å². The van der Waals surface area contributed by atoms with E-state index in [9.17, 15) is 9.59 Å². The van der Waals surface area contributed by atoms with E-state index in [1.165, 1.54) is 68.6 Å². The van der Waals surface area contributed by atoms with Crippen LogP contribution in [0, 0.1) is 11.8 Å². The van der Waals surface area contributed by atoms with E-state index in [2.05, 4.69) is 59.2 Å². The van der Waals surface area contributed by atoms with E-state index in [-0.39, 0.29) is 11.3 Å². The first-order valence-electron chi connectivity index (χ1n) is 15.1. The van der Waals surface area contributed by atoms with Crippen molar-refractivity contribution in [2.24, 2.45) is 11.8 Å². The summed E-state index contributed by atoms with van der Waals surface area (Å²) in [6.45, 7) is 20.4. The highest BCUT2D eigenvalue weighted by molar-refractivity contribution is 7.13. The lowest BCUT2D eigenvalue weighted by atomic mass is 9.95. The number of ketones is 1. The second-order valence-corrected chi connectivity index (χ2v) is 11.4. The molecule has 0 aromatic carbocycles. The molecule has 4 nitrogen and oxygen atoms in total. The number of carbonyl (C=O) groups excluding carboxylic acids is 1. The summed E-state index contributed by atoms with van der Waals surface area (Å²) in [6.07, 6.45) is 19.9. The van der Waals surface area contributed by atoms with Crippen molar-refractivity contribution in [3.05, 3.63) is 81.3 Å². The minimum absolute atomic E-state index is 0.0987. The lowest BCUT2D eigenvalue weighted by molar-refractivity contribution is 0.101. The number of aromatic amines is 1. The Morgan fingerprint density at radius 2 is 1.75 bits per heavy atom. The highest BCUT2D eigenvalue weighted by Crippen LogP contribution is 2.34. The van der Waals surface area contributed by atoms with Crippen LogP contribution < -0.4 is 5.56 Å². The van der Waals surface area contributed by atoms with Gasteiger partial charge in [-0.15, -0.1) is 11.3 Å². The number of carbonyl (C=O) groups is 1. The summed E-state index contributed by atoms with van der Waals surface area (Å²) >= 11 is 1.40. The largest absolute Gasteiger partial charge is 0.328 e. The number of allylic oxidation sites excluding steroid dienone is 7. The summed E-state index contributed by atoms with van der Waals surface area (Å²) in [5.41, 5.74) is 4.85. The normalized spacial score (nSPS) is 17.4. The molecule has 2 heterocycles. The molecule has 1 N–H and O–H groups in total. The fourth-order valence-corrected chi connectivity index (χ4v) is 5.70. The smallest absolute Gasteiger partial charge is 0.258 e. The van der Waals surface area contributed by atoms with Crippen LogP contribution in [0.15, 0.2) is 64.5 Å². The van der Waals surface area contributed by atoms with Crippen molar-refractivity contribution in [3.8, 4) is 10.6 Å². The minimum atomic E-state index is -0.252. The number of nitrogens with one attached hydrogen (secondary N) is 1. The third-order valence-electron chi connectivity index (χ3n) is 7.19. The van der Waals surface area contributed by atoms with E-state index >= 15 is 0 Å². The lowest BCUT2D eigenvalue weighted by Crippen LogP contribution is -2.10. The van der Waals surface area contributed by atoms with E-state index < -0.39 is 0 Å². The fourth-order valence-electron chi connectivity index (χ4n) is 4.86. The van der Waals surface area contributed by atoms with Gasteiger partial charge in [-0.25, -0.2) is 4.98 Å². The molecule has 1 aliphatic carbocycles. The number of thiazole rings is 1. The number of nitrogens with zero attached hydrogens (tertiary/aromatic N) is 1. The Kier molecular flexibility index (Phi) is 17.0. The molecule has 1 aliphatic rings. The van der Waals surface area contributed by atoms with Gasteiger partial charge >= 0.3 is 0 Å². The van der Waals surface area contributed by atoms with Gasteiger partial charge in [0.2, 0.25) is 0 Å². The van der Waals surface area contributed by atoms with Gasteiger partial charge in [-0.3, -0.25) is 9.59 Å². The van der Waals surface area contributed by atoms with Crippen LogP contribution in [0.2, 0.25) is 0 Å². The van der Waals surface area contributed by atoms with Gasteiger partial charge in [-0.05, 0) is 57.1 Å². The van der Waals surface area contributed by atoms with Crippen LogP contribution in [-0.2, 0) is 0 Å². The van der Waals surface area contributed by atoms with Crippen molar-refractivity contribution in [1.29, 1.82) is 0 Å². The first-order valence-corrected chi connectivity index (χ1v) is 15.9. The van der Waals surface area contributed by atoms with Crippen LogP contribution >= 0.6 is 11.3 Å². The number of hydrogen-bond donors (Lipinski definition) is 1. The lowest BCUT2D eigenvalue weighted by Gasteiger charge is -2.11. The molecule has 3 rings (SSSR count). The highest BCUT2D eigenvalue weighted by atomic mass is 32.1. The van der Waals surface area contributed by atoms with Crippen molar-refractivity contribution in [2.75, 3.05) is 0 Å². The molecule has 40 heavy (non-hydrogen) atoms. The Morgan fingerprint density at radius 3 is 2.23 bits per heavy atom. The SMILES string of the molecule is C=C\C=C/C(=C(\C)CCC)C(=C\C)/c1csc(-c2cc(C(C)=O)c[nH]c2=O)n1.CCC.CC[C@@H]1CC[C@H](CC)C1. The Bertz CT molecular complexity index is 1200. The van der Waals surface area contributed by atoms with Crippen LogP contribution in [0.25, 0.3) is 16.1 Å². The highest BCUT2D eigenvalue weighted by Gasteiger charge is 2.21. The zero-order valence-corrected chi connectivity index (χ0v) is 27.0. The van der Waals surface area contributed by atoms with Crippen LogP contribution in [0.5, 0.6) is 0 Å². The molecule has 0 unspecified atom stereocenters. The molecule has 1 fully saturated rings. The Labute approximate surface area is 247 Å². The second kappa shape index (κ2) is 19.3. The molecule has 1 saturated carbocycles. The molecular weight excluding hydrogens is 512 g/mol. The van der Waals surface area contributed by atoms with Crippen molar-refractivity contribution < 1.29 is 4.79 Å². The molecule has 220 valence electrons. The van der Waals surface area contributed by atoms with Crippen LogP contribution in [0.4, 0.5) is 0 Å². The maximum atomic E-state index is 12.3. The van der Waals surface area contributed by atoms with Crippen LogP contribution in [-0.4, -0.2) is 15.8 Å². The monoisotopic (exact) mass is 564 g/mol. The molecule has 0 bridgehead atoms. The maximum absolute atomic E-state index is 12.3. The van der Waals surface area contributed by atoms with E-state index in [4.69, 9.17) is 4.98 Å². The third-order valence-corrected chi connectivity index (χ3v) is 8.06. The van der Waals surface area contributed by atoms with E-state index in [0.29, 0.717) is 16.1 Å². The van der Waals surface area contributed by atoms with Crippen molar-refractivity contribution in [3.63, 3.8) is 0 Å². The Morgan fingerprint density at radius 1 is 1.12 bits per heavy atom. The minimum Gasteiger partial charge on any atom is -0.328 e. The molecule has 0 radical (unpaired) electrons. The molecule has 5 heteroatoms. The maximum Gasteiger partial charge on any atom is 0.258 e. The van der Waals surface area contributed by atoms with Crippen molar-refractivity contribution in [2.45, 2.75) is 107 Å². The Balaban J connectivity index is 0.000000552. The summed E-state index contributed by atoms with van der Waals surface area (Å²) < 4.78 is 0. The number of H-pyrrole nitrogens is 1. The van der Waals surface area contributed by atoms with Crippen molar-refractivity contribution >= 4 is 22.7 Å². The number of hydrogen-bond acceptors (Lipinski definition) is 4. The third kappa shape index (κ3) is 11.0. The molecule has 0 amide bonds. The van der Waals surface area contributed by atoms with Gasteiger partial charge in [0.15, 0.2) is 5.78 Å². The number of pyridine rings is 1. The Hall–Kier alpha value is -2.79. The average molecular weight is 565 g/mol. The van der Waals surface area contributed by atoms with Crippen LogP contribution in [0.3, 0.4) is 0 Å². The van der Waals surface area contributed by atoms with Crippen LogP contribution in [0.1, 0.15) is 123 Å². The number of aromatic nitrogens is 2. The molecule has 2 aromatic rings. The molecule has 0 saturated heterocycles. The first kappa shape index (κ1) is 35.2. The van der Waals surface area contributed by atoms with Gasteiger partial charge in [0.25, 0.3) is 5.56 Å². The quantitative estimate of drug-likeness (QED) is 0.231. The number of rotatable bonds is 10. The second-order valence-electron chi connectivity index (χ2n) is 10.5. The number of Topliss-reactive ketones (excluding diaryl/α,β-unsaturated/α-hetero) is 1. The fraction of sp³-hybridized carbons (Fsp3) is 0.514. The first-order chi connectivity index (χ1) is 19.2. The predicted molar refractivity (Wildman–Crippen MR) is 176 cm³/mol. The zero-order chi connectivity index (χ0) is 30.1. The van der Waals surface area contributed by atoms with Gasteiger partial charge in [0, 0.05) is 22.7 Å². The molecule has 0 aliphatic heterocycles. The summed E-state index contributed by atoms with van der Waals surface area (Å²) in [5.74, 6) is 2.06. The van der Waals surface area contributed by atoms with Gasteiger partial charge in [0.05, 0.1) is 11.3 Å². The summed E-state index contributed by atoms with van der Waals surface area (Å²) in [6, 6.07) is 1.61. The van der Waals surface area contributed by atoms with Gasteiger partial charge in [0.1, 0.15) is 5.01 Å². The molecule has 2 atom stereocenters. The topological polar surface area (TPSA) is 62.8 Å². The summed E-state index contributed by atoms with van der Waals surface area (Å²) in [5, 5.41) is 2.55. The average Bonchev–Trinajstić information content (AvgIpc) is 3.62. The summed E-state index contributed by atoms with van der Waals surface area (Å²) in [4.78, 5) is 31.3. The standard InChI is InChI=1S/C23H26N2O2S.C9H18.C3H8/c1-6-9-11-19(15(4)10-7-2)18(8-3)21-14-28-23(25-21)20-12-17(16(5)26)13-24-22(20)27;1-3-8-5-6-9(4-2)7-8;1-3-2/h6,8-9,11-14H,1,7,10H2,2-5H3,(H,24,27);8-9H,3-7H2,1-2H3;3H2,1-2H3/b11-9-,18-8+,19-15-;;/t;8-,9+;. The van der Waals surface area contributed by atoms with Gasteiger partial charge in [-0.1, -0.05) is 110 Å². The summed E-state index contributed by atoms with van der Waals surface area (Å²) in [7, 11) is 0. The molecular formula is C35H52N2O2S. The van der Waals surface area contributed by atoms with Gasteiger partial charge in [-0.2, -0.15) is 0 Å². The predicted octanol–water partition coefficient (Wildman–Crippen LogP) is 10.6. The van der Waals surface area contributed by atoms with E-state index in [1.807, 2.05) is 24.5 Å². The molecule has 2 aromatic heterocycles. The van der Waals surface area contributed by atoms with Gasteiger partial charge < -0.3 is 4.98 Å². The van der Waals surface area contributed by atoms with Crippen molar-refractivity contribution in [1.82, 2.24) is 9.97 Å².